The van der Waals surface area contributed by atoms with Crippen molar-refractivity contribution < 1.29 is 32.2 Å². The summed E-state index contributed by atoms with van der Waals surface area (Å²) in [5.41, 5.74) is 2.28. The second-order valence-electron chi connectivity index (χ2n) is 8.34. The van der Waals surface area contributed by atoms with E-state index in [9.17, 15) is 23.2 Å². The first-order chi connectivity index (χ1) is 18.0. The summed E-state index contributed by atoms with van der Waals surface area (Å²) < 4.78 is 55.2. The number of amides is 1. The first-order valence-corrected chi connectivity index (χ1v) is 12.2. The maximum absolute atomic E-state index is 12.7. The van der Waals surface area contributed by atoms with Gasteiger partial charge >= 0.3 is 6.18 Å². The van der Waals surface area contributed by atoms with E-state index in [1.165, 1.54) is 13.2 Å². The van der Waals surface area contributed by atoms with Crippen LogP contribution in [0.5, 0.6) is 17.2 Å². The molecule has 200 valence electrons. The fraction of sp³-hybridized carbons (Fsp3) is 0.308. The highest BCUT2D eigenvalue weighted by Gasteiger charge is 2.35. The minimum absolute atomic E-state index is 0.158. The van der Waals surface area contributed by atoms with Gasteiger partial charge in [0.15, 0.2) is 11.5 Å². The number of ether oxygens (including phenoxy) is 3. The van der Waals surface area contributed by atoms with Crippen LogP contribution in [0.2, 0.25) is 0 Å². The molecule has 0 aliphatic heterocycles. The second kappa shape index (κ2) is 12.4. The number of anilines is 1. The second-order valence-corrected chi connectivity index (χ2v) is 9.31. The van der Waals surface area contributed by atoms with E-state index in [0.29, 0.717) is 29.6 Å². The molecule has 12 heteroatoms. The molecule has 1 heterocycles. The monoisotopic (exact) mass is 546 g/mol. The molecule has 0 spiro atoms. The molecule has 0 bridgehead atoms. The third-order valence-electron chi connectivity index (χ3n) is 5.14. The van der Waals surface area contributed by atoms with E-state index in [1.54, 1.807) is 24.3 Å². The normalized spacial score (nSPS) is 11.7. The highest BCUT2D eigenvalue weighted by molar-refractivity contribution is 7.15. The van der Waals surface area contributed by atoms with E-state index in [4.69, 9.17) is 14.2 Å². The molecule has 1 N–H and O–H groups in total. The van der Waals surface area contributed by atoms with Crippen LogP contribution in [0.15, 0.2) is 42.0 Å². The van der Waals surface area contributed by atoms with Crippen LogP contribution in [-0.2, 0) is 11.0 Å². The molecule has 0 unspecified atom stereocenters. The molecular formula is C26H25F3N4O4S. The zero-order chi connectivity index (χ0) is 27.9. The number of alkyl halides is 3. The van der Waals surface area contributed by atoms with Crippen LogP contribution in [0.1, 0.15) is 41.5 Å². The lowest BCUT2D eigenvalue weighted by molar-refractivity contribution is -0.138. The number of benzene rings is 2. The average Bonchev–Trinajstić information content (AvgIpc) is 3.34. The Morgan fingerprint density at radius 1 is 1.11 bits per heavy atom. The zero-order valence-corrected chi connectivity index (χ0v) is 21.9. The highest BCUT2D eigenvalue weighted by Crippen LogP contribution is 2.33. The summed E-state index contributed by atoms with van der Waals surface area (Å²) in [4.78, 5) is 12.4. The van der Waals surface area contributed by atoms with Crippen molar-refractivity contribution in [3.05, 3.63) is 63.7 Å². The molecule has 0 aliphatic rings. The molecule has 2 aromatic carbocycles. The van der Waals surface area contributed by atoms with E-state index >= 15 is 0 Å². The van der Waals surface area contributed by atoms with Crippen LogP contribution in [0.25, 0.3) is 6.08 Å². The number of carbonyl (C=O) groups excluding carboxylic acids is 1. The molecule has 0 fully saturated rings. The van der Waals surface area contributed by atoms with Crippen LogP contribution in [-0.4, -0.2) is 36.4 Å². The fourth-order valence-corrected chi connectivity index (χ4v) is 3.91. The van der Waals surface area contributed by atoms with Crippen molar-refractivity contribution in [3.8, 4) is 23.3 Å². The lowest BCUT2D eigenvalue weighted by atomic mass is 10.0. The van der Waals surface area contributed by atoms with Gasteiger partial charge in [-0.2, -0.15) is 18.4 Å². The summed E-state index contributed by atoms with van der Waals surface area (Å²) in [6.45, 7) is 6.72. The van der Waals surface area contributed by atoms with Gasteiger partial charge in [0.1, 0.15) is 30.6 Å². The maximum Gasteiger partial charge on any atom is 0.445 e. The predicted molar refractivity (Wildman–Crippen MR) is 136 cm³/mol. The van der Waals surface area contributed by atoms with Crippen LogP contribution >= 0.6 is 11.3 Å². The van der Waals surface area contributed by atoms with E-state index in [2.05, 4.69) is 35.4 Å². The van der Waals surface area contributed by atoms with Crippen molar-refractivity contribution in [2.75, 3.05) is 25.6 Å². The van der Waals surface area contributed by atoms with Crippen molar-refractivity contribution in [2.24, 2.45) is 0 Å². The Labute approximate surface area is 221 Å². The lowest BCUT2D eigenvalue weighted by Crippen LogP contribution is -2.13. The van der Waals surface area contributed by atoms with Gasteiger partial charge in [-0.1, -0.05) is 43.4 Å². The van der Waals surface area contributed by atoms with Crippen molar-refractivity contribution in [1.29, 1.82) is 5.26 Å². The number of nitrogens with zero attached hydrogens (tertiary/aromatic N) is 3. The minimum Gasteiger partial charge on any atom is -0.493 e. The minimum atomic E-state index is -4.68. The molecule has 1 amide bonds. The van der Waals surface area contributed by atoms with Gasteiger partial charge in [0.2, 0.25) is 10.1 Å². The molecule has 38 heavy (non-hydrogen) atoms. The summed E-state index contributed by atoms with van der Waals surface area (Å²) >= 11 is 0.158. The molecule has 8 nitrogen and oxygen atoms in total. The van der Waals surface area contributed by atoms with Crippen LogP contribution < -0.4 is 19.5 Å². The Bertz CT molecular complexity index is 1360. The van der Waals surface area contributed by atoms with Crippen molar-refractivity contribution in [2.45, 2.75) is 32.9 Å². The van der Waals surface area contributed by atoms with E-state index in [1.807, 2.05) is 19.1 Å². The van der Waals surface area contributed by atoms with Crippen LogP contribution in [0, 0.1) is 18.3 Å². The van der Waals surface area contributed by atoms with Gasteiger partial charge in [-0.25, -0.2) is 0 Å². The quantitative estimate of drug-likeness (QED) is 0.189. The van der Waals surface area contributed by atoms with Crippen LogP contribution in [0.4, 0.5) is 18.3 Å². The Morgan fingerprint density at radius 2 is 1.82 bits per heavy atom. The number of aryl methyl sites for hydroxylation is 1. The first kappa shape index (κ1) is 28.5. The Morgan fingerprint density at radius 3 is 2.42 bits per heavy atom. The SMILES string of the molecule is COc1cc(/C=C(/C#N)C(=O)Nc2nnc(C(F)(F)F)s2)ccc1OCCOc1cc(C)ccc1C(C)C. The summed E-state index contributed by atoms with van der Waals surface area (Å²) in [6.07, 6.45) is -3.42. The molecule has 0 saturated carbocycles. The molecular weight excluding hydrogens is 521 g/mol. The number of nitriles is 1. The Balaban J connectivity index is 1.65. The largest absolute Gasteiger partial charge is 0.493 e. The molecule has 3 rings (SSSR count). The topological polar surface area (TPSA) is 106 Å². The van der Waals surface area contributed by atoms with Crippen molar-refractivity contribution >= 4 is 28.5 Å². The van der Waals surface area contributed by atoms with Gasteiger partial charge in [0, 0.05) is 0 Å². The van der Waals surface area contributed by atoms with Gasteiger partial charge in [0.05, 0.1) is 7.11 Å². The number of hydrogen-bond acceptors (Lipinski definition) is 8. The number of methoxy groups -OCH3 is 1. The lowest BCUT2D eigenvalue weighted by Gasteiger charge is -2.16. The van der Waals surface area contributed by atoms with E-state index in [-0.39, 0.29) is 28.6 Å². The number of nitrogens with one attached hydrogen (secondary N) is 1. The molecule has 3 aromatic rings. The molecule has 0 aliphatic carbocycles. The summed E-state index contributed by atoms with van der Waals surface area (Å²) in [5, 5.41) is 16.2. The summed E-state index contributed by atoms with van der Waals surface area (Å²) in [6, 6.07) is 12.6. The van der Waals surface area contributed by atoms with E-state index < -0.39 is 17.1 Å². The smallest absolute Gasteiger partial charge is 0.445 e. The average molecular weight is 547 g/mol. The summed E-state index contributed by atoms with van der Waals surface area (Å²) in [5.74, 6) is 0.974. The standard InChI is InChI=1S/C26H25F3N4O4S/c1-15(2)19-7-5-16(3)11-21(19)37-10-9-36-20-8-6-17(13-22(20)35-4)12-18(14-30)23(34)31-25-33-32-24(38-25)26(27,28)29/h5-8,11-13,15H,9-10H2,1-4H3,(H,31,33,34)/b18-12-. The van der Waals surface area contributed by atoms with Crippen molar-refractivity contribution in [1.82, 2.24) is 10.2 Å². The molecule has 0 radical (unpaired) electrons. The van der Waals surface area contributed by atoms with Gasteiger partial charge in [-0.15, -0.1) is 10.2 Å². The fourth-order valence-electron chi connectivity index (χ4n) is 3.31. The Hall–Kier alpha value is -4.11. The predicted octanol–water partition coefficient (Wildman–Crippen LogP) is 6.00. The van der Waals surface area contributed by atoms with Gasteiger partial charge < -0.3 is 14.2 Å². The Kier molecular flexibility index (Phi) is 9.30. The third-order valence-corrected chi connectivity index (χ3v) is 6.02. The first-order valence-electron chi connectivity index (χ1n) is 11.4. The molecule has 0 atom stereocenters. The highest BCUT2D eigenvalue weighted by atomic mass is 32.1. The van der Waals surface area contributed by atoms with Gasteiger partial charge in [-0.3, -0.25) is 10.1 Å². The number of halogens is 3. The van der Waals surface area contributed by atoms with Gasteiger partial charge in [0.25, 0.3) is 5.91 Å². The summed E-state index contributed by atoms with van der Waals surface area (Å²) in [7, 11) is 1.44. The number of aromatic nitrogens is 2. The van der Waals surface area contributed by atoms with Crippen molar-refractivity contribution in [3.63, 3.8) is 0 Å². The third kappa shape index (κ3) is 7.45. The molecule has 0 saturated heterocycles. The van der Waals surface area contributed by atoms with Gasteiger partial charge in [-0.05, 0) is 53.8 Å². The van der Waals surface area contributed by atoms with Crippen LogP contribution in [0.3, 0.4) is 0 Å². The zero-order valence-electron chi connectivity index (χ0n) is 21.0. The number of hydrogen-bond donors (Lipinski definition) is 1. The number of rotatable bonds is 10. The maximum atomic E-state index is 12.7. The molecule has 1 aromatic heterocycles. The number of carbonyl (C=O) groups is 1. The van der Waals surface area contributed by atoms with E-state index in [0.717, 1.165) is 16.9 Å².